The average molecular weight is 389 g/mol. The van der Waals surface area contributed by atoms with Crippen LogP contribution in [0.1, 0.15) is 0 Å². The maximum Gasteiger partial charge on any atom is 2.00 e. The minimum atomic E-state index is -0.446. The van der Waals surface area contributed by atoms with Gasteiger partial charge in [-0.2, -0.15) is 0 Å². The molecule has 0 bridgehead atoms. The van der Waals surface area contributed by atoms with Crippen LogP contribution in [0.5, 0.6) is 0 Å². The molecular weight excluding hydrogens is 374 g/mol. The molecule has 3 aromatic rings. The van der Waals surface area contributed by atoms with Crippen LogP contribution in [0.15, 0.2) is 91.0 Å². The minimum Gasteiger partial charge on any atom is -1.00 e. The molecule has 0 aliphatic carbocycles. The second-order valence-corrected chi connectivity index (χ2v) is 6.56. The van der Waals surface area contributed by atoms with Crippen molar-refractivity contribution in [2.24, 2.45) is 0 Å². The van der Waals surface area contributed by atoms with Gasteiger partial charge in [-0.1, -0.05) is 91.0 Å². The van der Waals surface area contributed by atoms with Crippen molar-refractivity contribution in [2.75, 3.05) is 0 Å². The van der Waals surface area contributed by atoms with Crippen molar-refractivity contribution in [3.8, 4) is 0 Å². The van der Waals surface area contributed by atoms with Gasteiger partial charge in [-0.15, -0.1) is 0 Å². The van der Waals surface area contributed by atoms with Crippen LogP contribution in [0.3, 0.4) is 0 Å². The van der Waals surface area contributed by atoms with Crippen molar-refractivity contribution in [2.45, 2.75) is 0 Å². The van der Waals surface area contributed by atoms with Gasteiger partial charge in [0.15, 0.2) is 0 Å². The largest absolute Gasteiger partial charge is 2.00 e. The molecule has 4 heteroatoms. The van der Waals surface area contributed by atoms with E-state index in [2.05, 4.69) is 91.0 Å². The normalized spacial score (nSPS) is 9.14. The fourth-order valence-corrected chi connectivity index (χ4v) is 4.48. The van der Waals surface area contributed by atoms with Gasteiger partial charge in [0, 0.05) is 0 Å². The molecule has 0 fully saturated rings. The van der Waals surface area contributed by atoms with Crippen LogP contribution in [0.2, 0.25) is 0 Å². The molecule has 0 aliphatic heterocycles. The van der Waals surface area contributed by atoms with E-state index in [1.807, 2.05) is 0 Å². The zero-order valence-corrected chi connectivity index (χ0v) is 15.2. The Labute approximate surface area is 156 Å². The van der Waals surface area contributed by atoms with Gasteiger partial charge in [0.1, 0.15) is 0 Å². The molecular formula is C18H15Cl2FeP. The first kappa shape index (κ1) is 21.2. The monoisotopic (exact) mass is 388 g/mol. The fourth-order valence-electron chi connectivity index (χ4n) is 2.18. The van der Waals surface area contributed by atoms with E-state index in [0.29, 0.717) is 0 Å². The van der Waals surface area contributed by atoms with E-state index >= 15 is 0 Å². The Morgan fingerprint density at radius 2 is 0.636 bits per heavy atom. The van der Waals surface area contributed by atoms with Gasteiger partial charge < -0.3 is 24.8 Å². The third kappa shape index (κ3) is 5.13. The maximum absolute atomic E-state index is 2.23. The van der Waals surface area contributed by atoms with E-state index in [1.54, 1.807) is 0 Å². The van der Waals surface area contributed by atoms with Gasteiger partial charge in [0.25, 0.3) is 0 Å². The van der Waals surface area contributed by atoms with Crippen molar-refractivity contribution in [1.82, 2.24) is 0 Å². The topological polar surface area (TPSA) is 0 Å². The Balaban J connectivity index is 0.00000147. The second-order valence-electron chi connectivity index (χ2n) is 4.34. The standard InChI is InChI=1S/C18H15P.2ClH.Fe/c1-4-10-16(11-5-1)19(17-12-6-2-7-13-17)18-14-8-3-9-15-18;;;/h1-15H;2*1H;/q;;;+2/p-2. The summed E-state index contributed by atoms with van der Waals surface area (Å²) < 4.78 is 0. The molecule has 114 valence electrons. The van der Waals surface area contributed by atoms with Crippen LogP contribution in [-0.2, 0) is 17.1 Å². The quantitative estimate of drug-likeness (QED) is 0.342. The molecule has 0 saturated carbocycles. The molecule has 0 heterocycles. The van der Waals surface area contributed by atoms with Crippen LogP contribution in [0.4, 0.5) is 0 Å². The molecule has 3 aromatic carbocycles. The maximum atomic E-state index is 2.23. The minimum absolute atomic E-state index is 0. The Morgan fingerprint density at radius 1 is 0.409 bits per heavy atom. The number of rotatable bonds is 3. The first-order chi connectivity index (χ1) is 9.45. The summed E-state index contributed by atoms with van der Waals surface area (Å²) in [7, 11) is -0.446. The summed E-state index contributed by atoms with van der Waals surface area (Å²) in [6, 6.07) is 32.3. The molecule has 0 radical (unpaired) electrons. The summed E-state index contributed by atoms with van der Waals surface area (Å²) in [6.07, 6.45) is 0. The van der Waals surface area contributed by atoms with E-state index in [-0.39, 0.29) is 41.9 Å². The van der Waals surface area contributed by atoms with Crippen LogP contribution in [0, 0.1) is 0 Å². The first-order valence-electron chi connectivity index (χ1n) is 6.40. The summed E-state index contributed by atoms with van der Waals surface area (Å²) >= 11 is 0. The number of hydrogen-bond acceptors (Lipinski definition) is 0. The Bertz CT molecular complexity index is 539. The average Bonchev–Trinajstić information content (AvgIpc) is 2.51. The molecule has 22 heavy (non-hydrogen) atoms. The summed E-state index contributed by atoms with van der Waals surface area (Å²) in [4.78, 5) is 0. The molecule has 3 rings (SSSR count). The smallest absolute Gasteiger partial charge is 1.00 e. The number of benzene rings is 3. The van der Waals surface area contributed by atoms with Gasteiger partial charge >= 0.3 is 17.1 Å². The summed E-state index contributed by atoms with van der Waals surface area (Å²) in [6.45, 7) is 0. The van der Waals surface area contributed by atoms with Crippen LogP contribution in [-0.4, -0.2) is 0 Å². The SMILES string of the molecule is [Cl-].[Cl-].[Fe+2].c1ccc(P(c2ccccc2)c2ccccc2)cc1. The van der Waals surface area contributed by atoms with Gasteiger partial charge in [-0.05, 0) is 23.8 Å². The Kier molecular flexibility index (Phi) is 10.4. The van der Waals surface area contributed by atoms with Crippen molar-refractivity contribution in [1.29, 1.82) is 0 Å². The molecule has 0 atom stereocenters. The number of halogens is 2. The molecule has 0 aliphatic rings. The van der Waals surface area contributed by atoms with E-state index in [9.17, 15) is 0 Å². The first-order valence-corrected chi connectivity index (χ1v) is 7.74. The second kappa shape index (κ2) is 10.8. The number of hydrogen-bond donors (Lipinski definition) is 0. The van der Waals surface area contributed by atoms with E-state index in [4.69, 9.17) is 0 Å². The zero-order chi connectivity index (χ0) is 12.9. The van der Waals surface area contributed by atoms with Crippen molar-refractivity contribution >= 4 is 23.8 Å². The molecule has 0 saturated heterocycles. The van der Waals surface area contributed by atoms with Crippen LogP contribution < -0.4 is 40.7 Å². The van der Waals surface area contributed by atoms with Crippen LogP contribution >= 0.6 is 7.92 Å². The van der Waals surface area contributed by atoms with Crippen LogP contribution in [0.25, 0.3) is 0 Å². The predicted molar refractivity (Wildman–Crippen MR) is 85.1 cm³/mol. The van der Waals surface area contributed by atoms with Crippen molar-refractivity contribution in [3.05, 3.63) is 91.0 Å². The van der Waals surface area contributed by atoms with Gasteiger partial charge in [0.2, 0.25) is 0 Å². The molecule has 0 spiro atoms. The summed E-state index contributed by atoms with van der Waals surface area (Å²) in [5, 5.41) is 4.19. The van der Waals surface area contributed by atoms with Gasteiger partial charge in [0.05, 0.1) is 0 Å². The third-order valence-electron chi connectivity index (χ3n) is 3.04. The molecule has 0 amide bonds. The van der Waals surface area contributed by atoms with E-state index < -0.39 is 7.92 Å². The molecule has 0 N–H and O–H groups in total. The van der Waals surface area contributed by atoms with Crippen molar-refractivity contribution < 1.29 is 41.9 Å². The zero-order valence-electron chi connectivity index (χ0n) is 11.7. The molecule has 0 nitrogen and oxygen atoms in total. The molecule has 0 unspecified atom stereocenters. The molecule has 0 aromatic heterocycles. The summed E-state index contributed by atoms with van der Waals surface area (Å²) in [5.74, 6) is 0. The fraction of sp³-hybridized carbons (Fsp3) is 0. The predicted octanol–water partition coefficient (Wildman–Crippen LogP) is -2.55. The van der Waals surface area contributed by atoms with E-state index in [1.165, 1.54) is 15.9 Å². The summed E-state index contributed by atoms with van der Waals surface area (Å²) in [5.41, 5.74) is 0. The van der Waals surface area contributed by atoms with E-state index in [0.717, 1.165) is 0 Å². The Hall–Kier alpha value is -0.811. The van der Waals surface area contributed by atoms with Crippen molar-refractivity contribution in [3.63, 3.8) is 0 Å². The van der Waals surface area contributed by atoms with Gasteiger partial charge in [-0.3, -0.25) is 0 Å². The third-order valence-corrected chi connectivity index (χ3v) is 5.49. The van der Waals surface area contributed by atoms with Gasteiger partial charge in [-0.25, -0.2) is 0 Å². The Morgan fingerprint density at radius 3 is 0.864 bits per heavy atom.